The molecule has 1 aliphatic rings. The smallest absolute Gasteiger partial charge is 0.363 e. The Morgan fingerprint density at radius 2 is 1.97 bits per heavy atom. The molecule has 0 atom stereocenters. The number of esters is 1. The Balaban J connectivity index is 1.64. The number of hydrogen-bond acceptors (Lipinski definition) is 6. The molecule has 0 spiro atoms. The summed E-state index contributed by atoms with van der Waals surface area (Å²) in [5.74, 6) is -1.24. The molecule has 1 aliphatic heterocycles. The van der Waals surface area contributed by atoms with Gasteiger partial charge < -0.3 is 4.74 Å². The first-order valence-electron chi connectivity index (χ1n) is 9.44. The monoisotopic (exact) mass is 435 g/mol. The van der Waals surface area contributed by atoms with Crippen LogP contribution in [0.5, 0.6) is 0 Å². The van der Waals surface area contributed by atoms with Crippen molar-refractivity contribution in [2.45, 2.75) is 20.8 Å². The first-order valence-corrected chi connectivity index (χ1v) is 10.3. The van der Waals surface area contributed by atoms with Crippen molar-refractivity contribution in [3.05, 3.63) is 81.7 Å². The van der Waals surface area contributed by atoms with Gasteiger partial charge in [-0.2, -0.15) is 0 Å². The molecule has 2 heterocycles. The number of amides is 1. The van der Waals surface area contributed by atoms with Gasteiger partial charge in [0.1, 0.15) is 5.82 Å². The van der Waals surface area contributed by atoms with Crippen molar-refractivity contribution in [3.8, 4) is 0 Å². The van der Waals surface area contributed by atoms with E-state index in [1.54, 1.807) is 11.4 Å². The number of aliphatic imine (C=N–C) groups is 1. The lowest BCUT2D eigenvalue weighted by atomic mass is 10.1. The third kappa shape index (κ3) is 4.29. The number of benzene rings is 2. The first-order chi connectivity index (χ1) is 14.8. The predicted octanol–water partition coefficient (Wildman–Crippen LogP) is 4.93. The molecular formula is C23H18FN3O3S. The number of carbonyl (C=O) groups is 2. The van der Waals surface area contributed by atoms with E-state index < -0.39 is 11.8 Å². The average Bonchev–Trinajstić information content (AvgIpc) is 3.32. The third-order valence-corrected chi connectivity index (χ3v) is 5.59. The molecule has 0 aliphatic carbocycles. The second-order valence-electron chi connectivity index (χ2n) is 7.02. The quantitative estimate of drug-likeness (QED) is 0.430. The van der Waals surface area contributed by atoms with Crippen LogP contribution < -0.4 is 4.90 Å². The fourth-order valence-electron chi connectivity index (χ4n) is 3.03. The van der Waals surface area contributed by atoms with Gasteiger partial charge in [0.25, 0.3) is 0 Å². The molecule has 1 amide bonds. The highest BCUT2D eigenvalue weighted by atomic mass is 32.1. The summed E-state index contributed by atoms with van der Waals surface area (Å²) in [5, 5.41) is 2.20. The maximum absolute atomic E-state index is 13.4. The molecule has 0 unspecified atom stereocenters. The predicted molar refractivity (Wildman–Crippen MR) is 118 cm³/mol. The number of rotatable bonds is 4. The standard InChI is InChI=1S/C23H18FN3O3S/c1-13-7-8-19(9-14(13)2)27(15(3)28)23-25-18(12-31-23)11-20-22(29)30-21(26-20)16-5-4-6-17(24)10-16/h4-12H,1-3H3/b20-11+. The summed E-state index contributed by atoms with van der Waals surface area (Å²) in [7, 11) is 0. The second-order valence-corrected chi connectivity index (χ2v) is 7.86. The van der Waals surface area contributed by atoms with Gasteiger partial charge in [-0.3, -0.25) is 9.69 Å². The van der Waals surface area contributed by atoms with Gasteiger partial charge in [0.15, 0.2) is 10.8 Å². The van der Waals surface area contributed by atoms with Crippen molar-refractivity contribution in [3.63, 3.8) is 0 Å². The Morgan fingerprint density at radius 3 is 2.68 bits per heavy atom. The summed E-state index contributed by atoms with van der Waals surface area (Å²) in [5.41, 5.74) is 3.80. The minimum Gasteiger partial charge on any atom is -0.402 e. The molecule has 0 radical (unpaired) electrons. The lowest BCUT2D eigenvalue weighted by molar-refractivity contribution is -0.130. The lowest BCUT2D eigenvalue weighted by Crippen LogP contribution is -2.22. The van der Waals surface area contributed by atoms with Crippen molar-refractivity contribution in [1.29, 1.82) is 0 Å². The molecule has 6 nitrogen and oxygen atoms in total. The molecule has 2 aromatic carbocycles. The summed E-state index contributed by atoms with van der Waals surface area (Å²) < 4.78 is 18.6. The van der Waals surface area contributed by atoms with Gasteiger partial charge >= 0.3 is 5.97 Å². The van der Waals surface area contributed by atoms with Gasteiger partial charge in [-0.1, -0.05) is 12.1 Å². The number of carbonyl (C=O) groups excluding carboxylic acids is 2. The molecule has 0 saturated carbocycles. The highest BCUT2D eigenvalue weighted by Crippen LogP contribution is 2.31. The number of ether oxygens (including phenoxy) is 1. The maximum atomic E-state index is 13.4. The summed E-state index contributed by atoms with van der Waals surface area (Å²) in [6, 6.07) is 11.4. The van der Waals surface area contributed by atoms with Crippen LogP contribution in [-0.4, -0.2) is 22.8 Å². The fraction of sp³-hybridized carbons (Fsp3) is 0.130. The second kappa shape index (κ2) is 8.23. The lowest BCUT2D eigenvalue weighted by Gasteiger charge is -2.19. The zero-order valence-corrected chi connectivity index (χ0v) is 17.9. The number of hydrogen-bond donors (Lipinski definition) is 0. The number of halogens is 1. The van der Waals surface area contributed by atoms with Gasteiger partial charge in [-0.15, -0.1) is 11.3 Å². The molecule has 0 saturated heterocycles. The van der Waals surface area contributed by atoms with Crippen molar-refractivity contribution in [1.82, 2.24) is 4.98 Å². The number of aryl methyl sites for hydroxylation is 2. The molecule has 0 bridgehead atoms. The van der Waals surface area contributed by atoms with E-state index in [1.807, 2.05) is 32.0 Å². The first kappa shape index (κ1) is 20.6. The average molecular weight is 435 g/mol. The van der Waals surface area contributed by atoms with Crippen molar-refractivity contribution in [2.75, 3.05) is 4.90 Å². The van der Waals surface area contributed by atoms with E-state index in [9.17, 15) is 14.0 Å². The van der Waals surface area contributed by atoms with Crippen molar-refractivity contribution >= 4 is 46.0 Å². The van der Waals surface area contributed by atoms with E-state index in [0.717, 1.165) is 16.8 Å². The summed E-state index contributed by atoms with van der Waals surface area (Å²) >= 11 is 1.27. The number of anilines is 2. The molecule has 0 fully saturated rings. The minimum atomic E-state index is -0.647. The largest absolute Gasteiger partial charge is 0.402 e. The van der Waals surface area contributed by atoms with Crippen LogP contribution in [0, 0.1) is 19.7 Å². The number of thiazole rings is 1. The summed E-state index contributed by atoms with van der Waals surface area (Å²) in [6.07, 6.45) is 1.48. The Morgan fingerprint density at radius 1 is 1.16 bits per heavy atom. The van der Waals surface area contributed by atoms with E-state index in [4.69, 9.17) is 4.74 Å². The van der Waals surface area contributed by atoms with E-state index >= 15 is 0 Å². The molecular weight excluding hydrogens is 417 g/mol. The molecule has 1 aromatic heterocycles. The van der Waals surface area contributed by atoms with Gasteiger partial charge in [0.05, 0.1) is 11.4 Å². The SMILES string of the molecule is CC(=O)N(c1ccc(C)c(C)c1)c1nc(/C=C2/N=C(c3cccc(F)c3)OC2=O)cs1. The number of cyclic esters (lactones) is 1. The molecule has 4 rings (SSSR count). The number of aromatic nitrogens is 1. The molecule has 3 aromatic rings. The third-order valence-electron chi connectivity index (χ3n) is 4.74. The maximum Gasteiger partial charge on any atom is 0.363 e. The van der Waals surface area contributed by atoms with Crippen molar-refractivity contribution < 1.29 is 18.7 Å². The fourth-order valence-corrected chi connectivity index (χ4v) is 3.88. The zero-order valence-electron chi connectivity index (χ0n) is 17.0. The van der Waals surface area contributed by atoms with Gasteiger partial charge in [-0.25, -0.2) is 19.2 Å². The molecule has 31 heavy (non-hydrogen) atoms. The van der Waals surface area contributed by atoms with Crippen LogP contribution in [0.15, 0.2) is 58.5 Å². The Bertz CT molecular complexity index is 1260. The zero-order chi connectivity index (χ0) is 22.1. The van der Waals surface area contributed by atoms with E-state index in [0.29, 0.717) is 16.4 Å². The highest BCUT2D eigenvalue weighted by molar-refractivity contribution is 7.14. The molecule has 0 N–H and O–H groups in total. The Labute approximate surface area is 182 Å². The van der Waals surface area contributed by atoms with Crippen LogP contribution in [0.2, 0.25) is 0 Å². The minimum absolute atomic E-state index is 0.0340. The molecule has 8 heteroatoms. The van der Waals surface area contributed by atoms with E-state index in [2.05, 4.69) is 9.98 Å². The van der Waals surface area contributed by atoms with Gasteiger partial charge in [-0.05, 0) is 61.4 Å². The normalized spacial score (nSPS) is 14.5. The Kier molecular flexibility index (Phi) is 5.48. The van der Waals surface area contributed by atoms with Crippen molar-refractivity contribution in [2.24, 2.45) is 4.99 Å². The van der Waals surface area contributed by atoms with Crippen LogP contribution in [0.25, 0.3) is 6.08 Å². The van der Waals surface area contributed by atoms with Gasteiger partial charge in [0.2, 0.25) is 11.8 Å². The highest BCUT2D eigenvalue weighted by Gasteiger charge is 2.25. The van der Waals surface area contributed by atoms with Crippen LogP contribution in [0.4, 0.5) is 15.2 Å². The number of nitrogens with zero attached hydrogens (tertiary/aromatic N) is 3. The summed E-state index contributed by atoms with van der Waals surface area (Å²) in [6.45, 7) is 5.46. The molecule has 156 valence electrons. The van der Waals surface area contributed by atoms with Crippen LogP contribution in [0.1, 0.15) is 29.3 Å². The summed E-state index contributed by atoms with van der Waals surface area (Å²) in [4.78, 5) is 34.7. The van der Waals surface area contributed by atoms with Crippen LogP contribution in [-0.2, 0) is 14.3 Å². The Hall–Kier alpha value is -3.65. The van der Waals surface area contributed by atoms with Crippen LogP contribution in [0.3, 0.4) is 0 Å². The topological polar surface area (TPSA) is 71.9 Å². The van der Waals surface area contributed by atoms with E-state index in [1.165, 1.54) is 47.4 Å². The van der Waals surface area contributed by atoms with Gasteiger partial charge in [0, 0.05) is 17.9 Å². The van der Waals surface area contributed by atoms with E-state index in [-0.39, 0.29) is 17.5 Å². The van der Waals surface area contributed by atoms with Crippen LogP contribution >= 0.6 is 11.3 Å².